The maximum absolute atomic E-state index is 12.1. The number of benzene rings is 1. The van der Waals surface area contributed by atoms with Crippen molar-refractivity contribution in [3.05, 3.63) is 39.9 Å². The highest BCUT2D eigenvalue weighted by Crippen LogP contribution is 2.19. The number of para-hydroxylation sites is 1. The summed E-state index contributed by atoms with van der Waals surface area (Å²) in [6.45, 7) is 2.70. The van der Waals surface area contributed by atoms with Crippen LogP contribution in [0.4, 0.5) is 5.69 Å². The molecule has 0 spiro atoms. The van der Waals surface area contributed by atoms with E-state index < -0.39 is 4.92 Å². The van der Waals surface area contributed by atoms with Gasteiger partial charge in [-0.3, -0.25) is 14.9 Å². The first kappa shape index (κ1) is 16.1. The van der Waals surface area contributed by atoms with Crippen molar-refractivity contribution in [2.75, 3.05) is 13.6 Å². The van der Waals surface area contributed by atoms with Crippen molar-refractivity contribution in [3.8, 4) is 0 Å². The average Bonchev–Trinajstić information content (AvgIpc) is 2.44. The Morgan fingerprint density at radius 2 is 2.10 bits per heavy atom. The number of carbonyl (C=O) groups excluding carboxylic acids is 1. The third-order valence-electron chi connectivity index (χ3n) is 3.40. The molecule has 0 aliphatic rings. The summed E-state index contributed by atoms with van der Waals surface area (Å²) in [6.07, 6.45) is 1.23. The summed E-state index contributed by atoms with van der Waals surface area (Å²) in [7, 11) is 1.66. The minimum Gasteiger partial charge on any atom is -0.341 e. The first-order valence-corrected chi connectivity index (χ1v) is 6.65. The SMILES string of the molecule is CCC(CN)CC(=O)N(C)Cc1ccccc1[N+](=O)[O-]. The molecule has 110 valence electrons. The summed E-state index contributed by atoms with van der Waals surface area (Å²) in [5.74, 6) is 0.121. The van der Waals surface area contributed by atoms with E-state index in [9.17, 15) is 14.9 Å². The number of amides is 1. The second-order valence-electron chi connectivity index (χ2n) is 4.85. The lowest BCUT2D eigenvalue weighted by Crippen LogP contribution is -2.30. The standard InChI is InChI=1S/C14H21N3O3/c1-3-11(9-15)8-14(18)16(2)10-12-6-4-5-7-13(12)17(19)20/h4-7,11H,3,8-10,15H2,1-2H3. The molecule has 0 bridgehead atoms. The molecule has 20 heavy (non-hydrogen) atoms. The number of nitro groups is 1. The predicted molar refractivity (Wildman–Crippen MR) is 77.0 cm³/mol. The van der Waals surface area contributed by atoms with Gasteiger partial charge in [0.15, 0.2) is 0 Å². The Labute approximate surface area is 118 Å². The fourth-order valence-electron chi connectivity index (χ4n) is 1.96. The van der Waals surface area contributed by atoms with Crippen LogP contribution in [0.5, 0.6) is 0 Å². The summed E-state index contributed by atoms with van der Waals surface area (Å²) < 4.78 is 0. The number of carbonyl (C=O) groups is 1. The van der Waals surface area contributed by atoms with E-state index in [4.69, 9.17) is 5.73 Å². The largest absolute Gasteiger partial charge is 0.341 e. The van der Waals surface area contributed by atoms with E-state index in [0.717, 1.165) is 6.42 Å². The molecule has 0 aromatic heterocycles. The van der Waals surface area contributed by atoms with Crippen molar-refractivity contribution >= 4 is 11.6 Å². The van der Waals surface area contributed by atoms with Crippen molar-refractivity contribution in [2.45, 2.75) is 26.3 Å². The highest BCUT2D eigenvalue weighted by Gasteiger charge is 2.18. The van der Waals surface area contributed by atoms with Crippen LogP contribution in [0.25, 0.3) is 0 Å². The summed E-state index contributed by atoms with van der Waals surface area (Å²) >= 11 is 0. The topological polar surface area (TPSA) is 89.5 Å². The Morgan fingerprint density at radius 3 is 2.65 bits per heavy atom. The summed E-state index contributed by atoms with van der Waals surface area (Å²) in [5.41, 5.74) is 6.16. The van der Waals surface area contributed by atoms with E-state index in [2.05, 4.69) is 0 Å². The summed E-state index contributed by atoms with van der Waals surface area (Å²) in [5, 5.41) is 10.9. The Balaban J connectivity index is 2.73. The van der Waals surface area contributed by atoms with Gasteiger partial charge in [-0.2, -0.15) is 0 Å². The van der Waals surface area contributed by atoms with E-state index in [-0.39, 0.29) is 24.1 Å². The molecule has 0 heterocycles. The monoisotopic (exact) mass is 279 g/mol. The van der Waals surface area contributed by atoms with Crippen molar-refractivity contribution in [1.82, 2.24) is 4.90 Å². The molecule has 0 fully saturated rings. The zero-order valence-electron chi connectivity index (χ0n) is 11.9. The van der Waals surface area contributed by atoms with E-state index in [1.807, 2.05) is 6.92 Å². The Kier molecular flexibility index (Phi) is 6.11. The number of nitrogens with zero attached hydrogens (tertiary/aromatic N) is 2. The maximum Gasteiger partial charge on any atom is 0.274 e. The molecule has 0 saturated carbocycles. The van der Waals surface area contributed by atoms with Gasteiger partial charge in [-0.1, -0.05) is 31.5 Å². The van der Waals surface area contributed by atoms with E-state index in [1.165, 1.54) is 11.0 Å². The van der Waals surface area contributed by atoms with Crippen molar-refractivity contribution in [2.24, 2.45) is 11.7 Å². The predicted octanol–water partition coefficient (Wildman–Crippen LogP) is 1.93. The van der Waals surface area contributed by atoms with Crippen molar-refractivity contribution in [3.63, 3.8) is 0 Å². The van der Waals surface area contributed by atoms with Crippen molar-refractivity contribution in [1.29, 1.82) is 0 Å². The molecule has 1 aromatic carbocycles. The fraction of sp³-hybridized carbons (Fsp3) is 0.500. The first-order chi connectivity index (χ1) is 9.49. The van der Waals surface area contributed by atoms with Gasteiger partial charge in [0.2, 0.25) is 5.91 Å². The van der Waals surface area contributed by atoms with Crippen LogP contribution >= 0.6 is 0 Å². The molecule has 0 radical (unpaired) electrons. The van der Waals surface area contributed by atoms with Crippen LogP contribution in [0.1, 0.15) is 25.3 Å². The zero-order chi connectivity index (χ0) is 15.1. The lowest BCUT2D eigenvalue weighted by atomic mass is 10.0. The number of nitro benzene ring substituents is 1. The normalized spacial score (nSPS) is 11.9. The third kappa shape index (κ3) is 4.31. The average molecular weight is 279 g/mol. The van der Waals surface area contributed by atoms with Crippen LogP contribution in [0, 0.1) is 16.0 Å². The molecule has 1 atom stereocenters. The second-order valence-corrected chi connectivity index (χ2v) is 4.85. The number of hydrogen-bond donors (Lipinski definition) is 1. The molecular weight excluding hydrogens is 258 g/mol. The van der Waals surface area contributed by atoms with Gasteiger partial charge < -0.3 is 10.6 Å². The molecule has 6 heteroatoms. The van der Waals surface area contributed by atoms with E-state index >= 15 is 0 Å². The van der Waals surface area contributed by atoms with Crippen LogP contribution < -0.4 is 5.73 Å². The molecule has 2 N–H and O–H groups in total. The third-order valence-corrected chi connectivity index (χ3v) is 3.40. The van der Waals surface area contributed by atoms with E-state index in [1.54, 1.807) is 25.2 Å². The summed E-state index contributed by atoms with van der Waals surface area (Å²) in [4.78, 5) is 24.1. The second kappa shape index (κ2) is 7.59. The van der Waals surface area contributed by atoms with Crippen molar-refractivity contribution < 1.29 is 9.72 Å². The lowest BCUT2D eigenvalue weighted by Gasteiger charge is -2.20. The van der Waals surface area contributed by atoms with Gasteiger partial charge in [-0.25, -0.2) is 0 Å². The van der Waals surface area contributed by atoms with Crippen LogP contribution in [0.3, 0.4) is 0 Å². The van der Waals surface area contributed by atoms with Crippen LogP contribution in [-0.2, 0) is 11.3 Å². The van der Waals surface area contributed by atoms with Crippen LogP contribution in [-0.4, -0.2) is 29.3 Å². The fourth-order valence-corrected chi connectivity index (χ4v) is 1.96. The van der Waals surface area contributed by atoms with Gasteiger partial charge in [0.05, 0.1) is 11.5 Å². The molecule has 1 amide bonds. The molecule has 1 rings (SSSR count). The molecule has 1 unspecified atom stereocenters. The quantitative estimate of drug-likeness (QED) is 0.610. The molecule has 0 aliphatic carbocycles. The Hall–Kier alpha value is -1.95. The smallest absolute Gasteiger partial charge is 0.274 e. The Bertz CT molecular complexity index is 472. The van der Waals surface area contributed by atoms with Gasteiger partial charge in [-0.15, -0.1) is 0 Å². The molecule has 0 aliphatic heterocycles. The van der Waals surface area contributed by atoms with Gasteiger partial charge in [0, 0.05) is 25.1 Å². The van der Waals surface area contributed by atoms with Gasteiger partial charge in [-0.05, 0) is 12.5 Å². The van der Waals surface area contributed by atoms with Crippen LogP contribution in [0.15, 0.2) is 24.3 Å². The molecule has 6 nitrogen and oxygen atoms in total. The summed E-state index contributed by atoms with van der Waals surface area (Å²) in [6, 6.07) is 6.46. The zero-order valence-corrected chi connectivity index (χ0v) is 11.9. The van der Waals surface area contributed by atoms with E-state index in [0.29, 0.717) is 18.5 Å². The Morgan fingerprint density at radius 1 is 1.45 bits per heavy atom. The number of rotatable bonds is 7. The van der Waals surface area contributed by atoms with Gasteiger partial charge >= 0.3 is 0 Å². The highest BCUT2D eigenvalue weighted by molar-refractivity contribution is 5.76. The molecular formula is C14H21N3O3. The number of hydrogen-bond acceptors (Lipinski definition) is 4. The highest BCUT2D eigenvalue weighted by atomic mass is 16.6. The number of nitrogens with two attached hydrogens (primary N) is 1. The van der Waals surface area contributed by atoms with Gasteiger partial charge in [0.25, 0.3) is 5.69 Å². The molecule has 1 aromatic rings. The minimum atomic E-state index is -0.428. The maximum atomic E-state index is 12.1. The molecule has 0 saturated heterocycles. The minimum absolute atomic E-state index is 0.0398. The lowest BCUT2D eigenvalue weighted by molar-refractivity contribution is -0.385. The first-order valence-electron chi connectivity index (χ1n) is 6.65. The van der Waals surface area contributed by atoms with Crippen LogP contribution in [0.2, 0.25) is 0 Å². The van der Waals surface area contributed by atoms with Gasteiger partial charge in [0.1, 0.15) is 0 Å².